The lowest BCUT2D eigenvalue weighted by Gasteiger charge is -2.11. The summed E-state index contributed by atoms with van der Waals surface area (Å²) in [5.41, 5.74) is 4.83. The summed E-state index contributed by atoms with van der Waals surface area (Å²) in [7, 11) is 0. The molecule has 0 spiro atoms. The van der Waals surface area contributed by atoms with Crippen molar-refractivity contribution in [3.05, 3.63) is 77.3 Å². The van der Waals surface area contributed by atoms with Crippen molar-refractivity contribution < 1.29 is 19.4 Å². The first-order valence-electron chi connectivity index (χ1n) is 11.8. The maximum Gasteiger partial charge on any atom is 0.250 e. The highest BCUT2D eigenvalue weighted by molar-refractivity contribution is 7.99. The van der Waals surface area contributed by atoms with E-state index in [0.717, 1.165) is 17.0 Å². The van der Waals surface area contributed by atoms with Crippen LogP contribution in [0, 0.1) is 0 Å². The average Bonchev–Trinajstić information content (AvgIpc) is 3.34. The Hall–Kier alpha value is -4.02. The summed E-state index contributed by atoms with van der Waals surface area (Å²) < 4.78 is 12.8. The van der Waals surface area contributed by atoms with Gasteiger partial charge in [-0.25, -0.2) is 5.43 Å². The molecule has 38 heavy (non-hydrogen) atoms. The van der Waals surface area contributed by atoms with E-state index in [1.54, 1.807) is 24.3 Å². The molecule has 4 aromatic rings. The summed E-state index contributed by atoms with van der Waals surface area (Å²) in [6.45, 7) is 4.75. The molecule has 0 atom stereocenters. The Labute approximate surface area is 229 Å². The van der Waals surface area contributed by atoms with Crippen LogP contribution < -0.4 is 14.9 Å². The number of carbonyl (C=O) groups is 1. The molecule has 3 aromatic carbocycles. The molecule has 1 amide bonds. The van der Waals surface area contributed by atoms with Gasteiger partial charge >= 0.3 is 0 Å². The number of amides is 1. The van der Waals surface area contributed by atoms with E-state index in [-0.39, 0.29) is 17.4 Å². The molecule has 0 aliphatic rings. The lowest BCUT2D eigenvalue weighted by Crippen LogP contribution is -2.20. The van der Waals surface area contributed by atoms with Crippen molar-refractivity contribution in [1.29, 1.82) is 0 Å². The Morgan fingerprint density at radius 1 is 1.05 bits per heavy atom. The molecule has 0 radical (unpaired) electrons. The van der Waals surface area contributed by atoms with Gasteiger partial charge in [0.25, 0.3) is 5.91 Å². The average molecular weight is 552 g/mol. The predicted octanol–water partition coefficient (Wildman–Crippen LogP) is 5.33. The summed E-state index contributed by atoms with van der Waals surface area (Å²) in [6, 6.07) is 19.7. The zero-order valence-electron chi connectivity index (χ0n) is 20.8. The number of phenolic OH excluding ortho intramolecular Hbond substituents is 1. The fourth-order valence-corrected chi connectivity index (χ4v) is 4.33. The molecule has 11 heteroatoms. The standard InChI is InChI=1S/C27H26ClN5O4S/c1-3-36-22-12-10-21(11-13-22)33-26(19-6-8-20(28)9-7-19)31-32-27(33)38-17-25(35)30-29-16-18-5-14-23(34)24(15-18)37-4-2/h5-16,34H,3-4,17H2,1-2H3,(H,30,35)/b29-16+. The van der Waals surface area contributed by atoms with Gasteiger partial charge in [0.2, 0.25) is 0 Å². The molecule has 0 bridgehead atoms. The molecular formula is C27H26ClN5O4S. The first kappa shape index (κ1) is 27.0. The number of aromatic hydroxyl groups is 1. The van der Waals surface area contributed by atoms with Crippen molar-refractivity contribution in [2.45, 2.75) is 19.0 Å². The number of phenols is 1. The summed E-state index contributed by atoms with van der Waals surface area (Å²) in [5.74, 6) is 1.51. The maximum absolute atomic E-state index is 12.5. The number of aromatic nitrogens is 3. The molecule has 0 saturated carbocycles. The maximum atomic E-state index is 12.5. The van der Waals surface area contributed by atoms with E-state index in [4.69, 9.17) is 21.1 Å². The van der Waals surface area contributed by atoms with Crippen LogP contribution in [0.2, 0.25) is 5.02 Å². The van der Waals surface area contributed by atoms with E-state index in [9.17, 15) is 9.90 Å². The number of hydrogen-bond donors (Lipinski definition) is 2. The van der Waals surface area contributed by atoms with Gasteiger partial charge in [-0.15, -0.1) is 10.2 Å². The van der Waals surface area contributed by atoms with Gasteiger partial charge in [-0.2, -0.15) is 5.10 Å². The molecule has 0 saturated heterocycles. The van der Waals surface area contributed by atoms with Crippen molar-refractivity contribution >= 4 is 35.5 Å². The Balaban J connectivity index is 1.49. The highest BCUT2D eigenvalue weighted by Crippen LogP contribution is 2.30. The van der Waals surface area contributed by atoms with E-state index in [2.05, 4.69) is 20.7 Å². The van der Waals surface area contributed by atoms with Crippen molar-refractivity contribution in [3.8, 4) is 34.3 Å². The summed E-state index contributed by atoms with van der Waals surface area (Å²) in [5, 5.41) is 23.7. The third-order valence-corrected chi connectivity index (χ3v) is 6.34. The molecule has 0 fully saturated rings. The zero-order valence-corrected chi connectivity index (χ0v) is 22.4. The molecule has 0 unspecified atom stereocenters. The minimum atomic E-state index is -0.315. The van der Waals surface area contributed by atoms with E-state index in [1.807, 2.05) is 54.8 Å². The number of benzene rings is 3. The van der Waals surface area contributed by atoms with Crippen molar-refractivity contribution in [2.75, 3.05) is 19.0 Å². The van der Waals surface area contributed by atoms with Crippen LogP contribution in [0.25, 0.3) is 17.1 Å². The van der Waals surface area contributed by atoms with Gasteiger partial charge in [0.1, 0.15) is 5.75 Å². The fraction of sp³-hybridized carbons (Fsp3) is 0.185. The Kier molecular flexibility index (Phi) is 9.23. The first-order valence-corrected chi connectivity index (χ1v) is 13.2. The van der Waals surface area contributed by atoms with E-state index in [0.29, 0.717) is 40.5 Å². The number of rotatable bonds is 11. The number of halogens is 1. The number of nitrogens with one attached hydrogen (secondary N) is 1. The largest absolute Gasteiger partial charge is 0.504 e. The fourth-order valence-electron chi connectivity index (χ4n) is 3.46. The van der Waals surface area contributed by atoms with Crippen LogP contribution >= 0.6 is 23.4 Å². The molecule has 2 N–H and O–H groups in total. The number of hydrogen-bond acceptors (Lipinski definition) is 8. The second kappa shape index (κ2) is 13.0. The van der Waals surface area contributed by atoms with E-state index >= 15 is 0 Å². The van der Waals surface area contributed by atoms with Crippen LogP contribution in [-0.4, -0.2) is 51.0 Å². The van der Waals surface area contributed by atoms with E-state index in [1.165, 1.54) is 24.0 Å². The highest BCUT2D eigenvalue weighted by Gasteiger charge is 2.17. The minimum absolute atomic E-state index is 0.0408. The van der Waals surface area contributed by atoms with Gasteiger partial charge in [0.05, 0.1) is 25.2 Å². The number of thioether (sulfide) groups is 1. The molecular weight excluding hydrogens is 526 g/mol. The predicted molar refractivity (Wildman–Crippen MR) is 149 cm³/mol. The zero-order chi connectivity index (χ0) is 26.9. The first-order chi connectivity index (χ1) is 18.5. The lowest BCUT2D eigenvalue weighted by molar-refractivity contribution is -0.118. The van der Waals surface area contributed by atoms with Crippen LogP contribution in [0.4, 0.5) is 0 Å². The summed E-state index contributed by atoms with van der Waals surface area (Å²) >= 11 is 7.30. The number of ether oxygens (including phenoxy) is 2. The van der Waals surface area contributed by atoms with Crippen LogP contribution in [0.3, 0.4) is 0 Å². The highest BCUT2D eigenvalue weighted by atomic mass is 35.5. The van der Waals surface area contributed by atoms with Crippen LogP contribution in [0.1, 0.15) is 19.4 Å². The lowest BCUT2D eigenvalue weighted by atomic mass is 10.2. The Bertz CT molecular complexity index is 1410. The molecule has 0 aliphatic carbocycles. The second-order valence-corrected chi connectivity index (χ2v) is 9.20. The van der Waals surface area contributed by atoms with E-state index < -0.39 is 0 Å². The summed E-state index contributed by atoms with van der Waals surface area (Å²) in [6.07, 6.45) is 1.48. The SMILES string of the molecule is CCOc1ccc(-n2c(SCC(=O)N/N=C/c3ccc(O)c(OCC)c3)nnc2-c2ccc(Cl)cc2)cc1. The van der Waals surface area contributed by atoms with Crippen LogP contribution in [0.15, 0.2) is 77.0 Å². The minimum Gasteiger partial charge on any atom is -0.504 e. The van der Waals surface area contributed by atoms with Crippen molar-refractivity contribution in [3.63, 3.8) is 0 Å². The van der Waals surface area contributed by atoms with Crippen molar-refractivity contribution in [1.82, 2.24) is 20.2 Å². The number of hydrazone groups is 1. The number of nitrogens with zero attached hydrogens (tertiary/aromatic N) is 4. The number of carbonyl (C=O) groups excluding carboxylic acids is 1. The molecule has 196 valence electrons. The molecule has 1 aromatic heterocycles. The topological polar surface area (TPSA) is 111 Å². The van der Waals surface area contributed by atoms with Crippen LogP contribution in [-0.2, 0) is 4.79 Å². The summed E-state index contributed by atoms with van der Waals surface area (Å²) in [4.78, 5) is 12.5. The van der Waals surface area contributed by atoms with Crippen LogP contribution in [0.5, 0.6) is 17.2 Å². The second-order valence-electron chi connectivity index (χ2n) is 7.82. The quantitative estimate of drug-likeness (QED) is 0.147. The monoisotopic (exact) mass is 551 g/mol. The van der Waals surface area contributed by atoms with Gasteiger partial charge in [-0.3, -0.25) is 9.36 Å². The van der Waals surface area contributed by atoms with Gasteiger partial charge < -0.3 is 14.6 Å². The Morgan fingerprint density at radius 3 is 2.50 bits per heavy atom. The van der Waals surface area contributed by atoms with Gasteiger partial charge in [0.15, 0.2) is 22.5 Å². The van der Waals surface area contributed by atoms with Gasteiger partial charge in [-0.1, -0.05) is 23.4 Å². The normalized spacial score (nSPS) is 11.0. The Morgan fingerprint density at radius 2 is 1.79 bits per heavy atom. The van der Waals surface area contributed by atoms with Gasteiger partial charge in [-0.05, 0) is 86.1 Å². The molecule has 0 aliphatic heterocycles. The van der Waals surface area contributed by atoms with Gasteiger partial charge in [0, 0.05) is 16.3 Å². The third kappa shape index (κ3) is 6.84. The molecule has 9 nitrogen and oxygen atoms in total. The smallest absolute Gasteiger partial charge is 0.250 e. The van der Waals surface area contributed by atoms with Crippen molar-refractivity contribution in [2.24, 2.45) is 5.10 Å². The molecule has 4 rings (SSSR count). The molecule has 1 heterocycles. The third-order valence-electron chi connectivity index (χ3n) is 5.16.